The Hall–Kier alpha value is 0.250. The highest BCUT2D eigenvalue weighted by atomic mass is 35.5. The molecule has 0 aromatic carbocycles. The van der Waals surface area contributed by atoms with Crippen LogP contribution in [0.4, 0.5) is 0 Å². The molecular weight excluding hydrogens is 134 g/mol. The summed E-state index contributed by atoms with van der Waals surface area (Å²) in [6, 6.07) is 0.655. The average Bonchev–Trinajstić information content (AvgIpc) is 2.17. The van der Waals surface area contributed by atoms with Gasteiger partial charge in [0, 0.05) is 11.6 Å². The topological polar surface area (TPSA) is 12.0 Å². The first-order chi connectivity index (χ1) is 3.62. The van der Waals surface area contributed by atoms with Crippen LogP contribution >= 0.6 is 12.4 Å². The lowest BCUT2D eigenvalue weighted by molar-refractivity contribution is 0.478. The van der Waals surface area contributed by atoms with Crippen LogP contribution in [0.3, 0.4) is 0 Å². The first-order valence-corrected chi connectivity index (χ1v) is 3.40. The largest absolute Gasteiger partial charge is 0.309 e. The van der Waals surface area contributed by atoms with Crippen LogP contribution in [0.1, 0.15) is 33.6 Å². The van der Waals surface area contributed by atoms with Crippen molar-refractivity contribution in [3.8, 4) is 0 Å². The van der Waals surface area contributed by atoms with E-state index in [4.69, 9.17) is 0 Å². The summed E-state index contributed by atoms with van der Waals surface area (Å²) in [5.74, 6) is 0. The summed E-state index contributed by atoms with van der Waals surface area (Å²) in [5.41, 5.74) is 0.522. The van der Waals surface area contributed by atoms with Crippen LogP contribution in [-0.2, 0) is 0 Å². The molecule has 0 radical (unpaired) electrons. The number of halogens is 1. The molecular formula is C7H16ClN. The van der Waals surface area contributed by atoms with Gasteiger partial charge < -0.3 is 5.32 Å². The van der Waals surface area contributed by atoms with Gasteiger partial charge in [-0.1, -0.05) is 13.8 Å². The van der Waals surface area contributed by atoms with Crippen LogP contribution in [0.15, 0.2) is 0 Å². The predicted molar refractivity (Wildman–Crippen MR) is 43.2 cm³/mol. The van der Waals surface area contributed by atoms with Crippen LogP contribution in [0.2, 0.25) is 0 Å². The summed E-state index contributed by atoms with van der Waals surface area (Å²) >= 11 is 0. The van der Waals surface area contributed by atoms with Gasteiger partial charge in [0.2, 0.25) is 0 Å². The molecule has 1 aliphatic carbocycles. The van der Waals surface area contributed by atoms with Crippen molar-refractivity contribution in [2.45, 2.75) is 45.2 Å². The van der Waals surface area contributed by atoms with E-state index < -0.39 is 0 Å². The highest BCUT2D eigenvalue weighted by Gasteiger charge is 2.36. The molecule has 0 aromatic rings. The number of hydrogen-bond donors (Lipinski definition) is 1. The van der Waals surface area contributed by atoms with Crippen LogP contribution in [-0.4, -0.2) is 11.6 Å². The molecule has 0 amide bonds. The summed E-state index contributed by atoms with van der Waals surface area (Å²) in [4.78, 5) is 0. The Bertz CT molecular complexity index is 86.9. The normalized spacial score (nSPS) is 21.3. The Labute approximate surface area is 63.6 Å². The number of nitrogens with one attached hydrogen (secondary N) is 1. The summed E-state index contributed by atoms with van der Waals surface area (Å²) in [5, 5.41) is 3.49. The minimum absolute atomic E-state index is 0. The second kappa shape index (κ2) is 2.89. The molecule has 0 aromatic heterocycles. The molecule has 0 heterocycles. The molecule has 56 valence electrons. The van der Waals surface area contributed by atoms with E-state index in [1.807, 2.05) is 0 Å². The van der Waals surface area contributed by atoms with Crippen LogP contribution < -0.4 is 5.32 Å². The molecule has 1 saturated carbocycles. The fourth-order valence-electron chi connectivity index (χ4n) is 1.03. The van der Waals surface area contributed by atoms with Crippen molar-refractivity contribution < 1.29 is 0 Å². The molecule has 1 aliphatic rings. The maximum absolute atomic E-state index is 3.49. The summed E-state index contributed by atoms with van der Waals surface area (Å²) < 4.78 is 0. The standard InChI is InChI=1S/C7H15N.ClH/c1-6(2)8-7(3)4-5-7;/h6,8H,4-5H2,1-3H3;1H. The van der Waals surface area contributed by atoms with E-state index in [0.717, 1.165) is 0 Å². The van der Waals surface area contributed by atoms with Gasteiger partial charge in [-0.25, -0.2) is 0 Å². The van der Waals surface area contributed by atoms with E-state index in [1.54, 1.807) is 0 Å². The van der Waals surface area contributed by atoms with Gasteiger partial charge in [0.15, 0.2) is 0 Å². The van der Waals surface area contributed by atoms with Gasteiger partial charge in [-0.3, -0.25) is 0 Å². The molecule has 2 heteroatoms. The maximum Gasteiger partial charge on any atom is 0.0157 e. The zero-order valence-corrected chi connectivity index (χ0v) is 7.22. The van der Waals surface area contributed by atoms with Gasteiger partial charge in [0.25, 0.3) is 0 Å². The second-order valence-electron chi connectivity index (χ2n) is 3.36. The highest BCUT2D eigenvalue weighted by Crippen LogP contribution is 2.34. The van der Waals surface area contributed by atoms with E-state index in [2.05, 4.69) is 26.1 Å². The molecule has 1 rings (SSSR count). The van der Waals surface area contributed by atoms with E-state index in [9.17, 15) is 0 Å². The highest BCUT2D eigenvalue weighted by molar-refractivity contribution is 5.85. The second-order valence-corrected chi connectivity index (χ2v) is 3.36. The van der Waals surface area contributed by atoms with Crippen molar-refractivity contribution in [2.75, 3.05) is 0 Å². The molecule has 0 saturated heterocycles. The van der Waals surface area contributed by atoms with Gasteiger partial charge in [0.05, 0.1) is 0 Å². The van der Waals surface area contributed by atoms with Gasteiger partial charge >= 0.3 is 0 Å². The van der Waals surface area contributed by atoms with Crippen molar-refractivity contribution in [3.63, 3.8) is 0 Å². The minimum atomic E-state index is 0. The van der Waals surface area contributed by atoms with Gasteiger partial charge in [-0.15, -0.1) is 12.4 Å². The van der Waals surface area contributed by atoms with Crippen molar-refractivity contribution in [3.05, 3.63) is 0 Å². The lowest BCUT2D eigenvalue weighted by Gasteiger charge is -2.13. The fourth-order valence-corrected chi connectivity index (χ4v) is 1.03. The fraction of sp³-hybridized carbons (Fsp3) is 1.00. The van der Waals surface area contributed by atoms with Crippen molar-refractivity contribution in [2.24, 2.45) is 0 Å². The molecule has 1 nitrogen and oxygen atoms in total. The van der Waals surface area contributed by atoms with E-state index in [0.29, 0.717) is 11.6 Å². The van der Waals surface area contributed by atoms with Crippen LogP contribution in [0, 0.1) is 0 Å². The average molecular weight is 150 g/mol. The summed E-state index contributed by atoms with van der Waals surface area (Å²) in [6.07, 6.45) is 2.73. The Kier molecular flexibility index (Phi) is 2.97. The Morgan fingerprint density at radius 1 is 1.33 bits per heavy atom. The SMILES string of the molecule is CC(C)NC1(C)CC1.Cl. The smallest absolute Gasteiger partial charge is 0.0157 e. The van der Waals surface area contributed by atoms with Gasteiger partial charge in [-0.2, -0.15) is 0 Å². The molecule has 0 spiro atoms. The Morgan fingerprint density at radius 3 is 1.89 bits per heavy atom. The number of hydrogen-bond acceptors (Lipinski definition) is 1. The molecule has 1 N–H and O–H groups in total. The van der Waals surface area contributed by atoms with Crippen molar-refractivity contribution in [1.29, 1.82) is 0 Å². The zero-order valence-electron chi connectivity index (χ0n) is 6.40. The molecule has 0 aliphatic heterocycles. The predicted octanol–water partition coefficient (Wildman–Crippen LogP) is 1.96. The Morgan fingerprint density at radius 2 is 1.78 bits per heavy atom. The van der Waals surface area contributed by atoms with E-state index in [1.165, 1.54) is 12.8 Å². The summed E-state index contributed by atoms with van der Waals surface area (Å²) in [6.45, 7) is 6.68. The third-order valence-electron chi connectivity index (χ3n) is 1.64. The molecule has 9 heavy (non-hydrogen) atoms. The lowest BCUT2D eigenvalue weighted by atomic mass is 10.3. The van der Waals surface area contributed by atoms with Crippen molar-refractivity contribution >= 4 is 12.4 Å². The molecule has 0 unspecified atom stereocenters. The molecule has 1 fully saturated rings. The van der Waals surface area contributed by atoms with Crippen LogP contribution in [0.25, 0.3) is 0 Å². The summed E-state index contributed by atoms with van der Waals surface area (Å²) in [7, 11) is 0. The van der Waals surface area contributed by atoms with Gasteiger partial charge in [-0.05, 0) is 19.8 Å². The first-order valence-electron chi connectivity index (χ1n) is 3.40. The Balaban J connectivity index is 0.000000640. The minimum Gasteiger partial charge on any atom is -0.309 e. The third kappa shape index (κ3) is 3.07. The molecule has 0 atom stereocenters. The van der Waals surface area contributed by atoms with Gasteiger partial charge in [0.1, 0.15) is 0 Å². The monoisotopic (exact) mass is 149 g/mol. The van der Waals surface area contributed by atoms with E-state index in [-0.39, 0.29) is 12.4 Å². The molecule has 0 bridgehead atoms. The van der Waals surface area contributed by atoms with Crippen LogP contribution in [0.5, 0.6) is 0 Å². The lowest BCUT2D eigenvalue weighted by Crippen LogP contribution is -2.33. The quantitative estimate of drug-likeness (QED) is 0.633. The zero-order chi connectivity index (χ0) is 6.20. The van der Waals surface area contributed by atoms with Crippen molar-refractivity contribution in [1.82, 2.24) is 5.32 Å². The first kappa shape index (κ1) is 9.25. The van der Waals surface area contributed by atoms with E-state index >= 15 is 0 Å². The maximum atomic E-state index is 3.49. The third-order valence-corrected chi connectivity index (χ3v) is 1.64. The number of rotatable bonds is 2.